The van der Waals surface area contributed by atoms with E-state index in [0.29, 0.717) is 18.4 Å². The quantitative estimate of drug-likeness (QED) is 0.882. The van der Waals surface area contributed by atoms with Crippen molar-refractivity contribution >= 4 is 15.9 Å². The molecule has 0 saturated heterocycles. The van der Waals surface area contributed by atoms with Gasteiger partial charge in [0.2, 0.25) is 0 Å². The highest BCUT2D eigenvalue weighted by molar-refractivity contribution is 9.10. The molecule has 0 aromatic heterocycles. The fourth-order valence-corrected chi connectivity index (χ4v) is 2.41. The first-order chi connectivity index (χ1) is 9.03. The van der Waals surface area contributed by atoms with E-state index >= 15 is 0 Å². The van der Waals surface area contributed by atoms with E-state index in [1.165, 1.54) is 12.1 Å². The molecule has 0 saturated carbocycles. The standard InChI is InChI=1S/C16H16BrFO/c1-2-16(19,13-4-3-5-15(18)10-13)11-12-6-8-14(17)9-7-12/h3-10,19H,2,11H2,1H3. The van der Waals surface area contributed by atoms with Gasteiger partial charge in [0.1, 0.15) is 5.82 Å². The van der Waals surface area contributed by atoms with Gasteiger partial charge in [0.15, 0.2) is 0 Å². The predicted molar refractivity (Wildman–Crippen MR) is 78.4 cm³/mol. The lowest BCUT2D eigenvalue weighted by Crippen LogP contribution is -2.27. The number of benzene rings is 2. The van der Waals surface area contributed by atoms with Gasteiger partial charge in [-0.3, -0.25) is 0 Å². The van der Waals surface area contributed by atoms with Crippen molar-refractivity contribution in [3.05, 3.63) is 69.9 Å². The van der Waals surface area contributed by atoms with Crippen LogP contribution in [0.4, 0.5) is 4.39 Å². The Balaban J connectivity index is 2.30. The maximum absolute atomic E-state index is 13.3. The van der Waals surface area contributed by atoms with Gasteiger partial charge in [0, 0.05) is 10.9 Å². The minimum atomic E-state index is -1.03. The van der Waals surface area contributed by atoms with E-state index in [1.54, 1.807) is 12.1 Å². The first kappa shape index (κ1) is 14.2. The van der Waals surface area contributed by atoms with Crippen LogP contribution in [0.1, 0.15) is 24.5 Å². The van der Waals surface area contributed by atoms with E-state index in [4.69, 9.17) is 0 Å². The molecular formula is C16H16BrFO. The highest BCUT2D eigenvalue weighted by Gasteiger charge is 2.27. The Hall–Kier alpha value is -1.19. The lowest BCUT2D eigenvalue weighted by Gasteiger charge is -2.27. The van der Waals surface area contributed by atoms with E-state index in [-0.39, 0.29) is 5.82 Å². The Morgan fingerprint density at radius 2 is 1.84 bits per heavy atom. The molecule has 2 aromatic carbocycles. The molecule has 1 atom stereocenters. The molecule has 0 aliphatic carbocycles. The van der Waals surface area contributed by atoms with E-state index in [1.807, 2.05) is 31.2 Å². The monoisotopic (exact) mass is 322 g/mol. The molecule has 0 fully saturated rings. The van der Waals surface area contributed by atoms with Gasteiger partial charge in [0.25, 0.3) is 0 Å². The number of rotatable bonds is 4. The fraction of sp³-hybridized carbons (Fsp3) is 0.250. The third kappa shape index (κ3) is 3.43. The van der Waals surface area contributed by atoms with E-state index in [0.717, 1.165) is 10.0 Å². The van der Waals surface area contributed by atoms with Crippen molar-refractivity contribution in [2.75, 3.05) is 0 Å². The summed E-state index contributed by atoms with van der Waals surface area (Å²) in [4.78, 5) is 0. The van der Waals surface area contributed by atoms with E-state index in [9.17, 15) is 9.50 Å². The molecule has 0 aliphatic rings. The van der Waals surface area contributed by atoms with Gasteiger partial charge < -0.3 is 5.11 Å². The van der Waals surface area contributed by atoms with Crippen LogP contribution in [-0.2, 0) is 12.0 Å². The predicted octanol–water partition coefficient (Wildman–Crippen LogP) is 4.43. The summed E-state index contributed by atoms with van der Waals surface area (Å²) in [5.41, 5.74) is 0.616. The zero-order chi connectivity index (χ0) is 13.9. The normalized spacial score (nSPS) is 14.1. The number of hydrogen-bond donors (Lipinski definition) is 1. The Labute approximate surface area is 121 Å². The molecule has 2 rings (SSSR count). The average Bonchev–Trinajstić information content (AvgIpc) is 2.41. The molecule has 1 unspecified atom stereocenters. The molecule has 0 spiro atoms. The maximum Gasteiger partial charge on any atom is 0.123 e. The molecule has 1 N–H and O–H groups in total. The summed E-state index contributed by atoms with van der Waals surface area (Å²) >= 11 is 3.38. The Kier molecular flexibility index (Phi) is 4.38. The van der Waals surface area contributed by atoms with Gasteiger partial charge in [0.05, 0.1) is 5.60 Å². The molecule has 3 heteroatoms. The summed E-state index contributed by atoms with van der Waals surface area (Å²) in [5, 5.41) is 10.8. The molecule has 19 heavy (non-hydrogen) atoms. The molecule has 0 aliphatic heterocycles. The molecule has 0 heterocycles. The number of halogens is 2. The van der Waals surface area contributed by atoms with E-state index < -0.39 is 5.60 Å². The SMILES string of the molecule is CCC(O)(Cc1ccc(Br)cc1)c1cccc(F)c1. The van der Waals surface area contributed by atoms with Crippen molar-refractivity contribution in [1.29, 1.82) is 0 Å². The van der Waals surface area contributed by atoms with Crippen LogP contribution in [0.2, 0.25) is 0 Å². The zero-order valence-corrected chi connectivity index (χ0v) is 12.3. The van der Waals surface area contributed by atoms with Crippen LogP contribution in [-0.4, -0.2) is 5.11 Å². The zero-order valence-electron chi connectivity index (χ0n) is 10.7. The Morgan fingerprint density at radius 1 is 1.16 bits per heavy atom. The van der Waals surface area contributed by atoms with Crippen molar-refractivity contribution in [3.63, 3.8) is 0 Å². The van der Waals surface area contributed by atoms with Crippen LogP contribution in [0.25, 0.3) is 0 Å². The second kappa shape index (κ2) is 5.85. The van der Waals surface area contributed by atoms with Crippen LogP contribution in [0, 0.1) is 5.82 Å². The van der Waals surface area contributed by atoms with Gasteiger partial charge in [-0.05, 0) is 41.8 Å². The van der Waals surface area contributed by atoms with Crippen LogP contribution in [0.5, 0.6) is 0 Å². The lowest BCUT2D eigenvalue weighted by atomic mass is 9.85. The van der Waals surface area contributed by atoms with Gasteiger partial charge >= 0.3 is 0 Å². The highest BCUT2D eigenvalue weighted by Crippen LogP contribution is 2.30. The molecule has 1 nitrogen and oxygen atoms in total. The summed E-state index contributed by atoms with van der Waals surface area (Å²) in [6.07, 6.45) is 1.01. The van der Waals surface area contributed by atoms with Crippen LogP contribution in [0.3, 0.4) is 0 Å². The minimum absolute atomic E-state index is 0.319. The van der Waals surface area contributed by atoms with Gasteiger partial charge in [-0.25, -0.2) is 4.39 Å². The molecule has 0 amide bonds. The van der Waals surface area contributed by atoms with Crippen molar-refractivity contribution in [3.8, 4) is 0 Å². The smallest absolute Gasteiger partial charge is 0.123 e. The molecule has 100 valence electrons. The topological polar surface area (TPSA) is 20.2 Å². The summed E-state index contributed by atoms with van der Waals surface area (Å²) in [6.45, 7) is 1.91. The Bertz CT molecular complexity index is 553. The van der Waals surface area contributed by atoms with Gasteiger partial charge in [-0.2, -0.15) is 0 Å². The summed E-state index contributed by atoms with van der Waals surface area (Å²) in [5.74, 6) is -0.319. The average molecular weight is 323 g/mol. The van der Waals surface area contributed by atoms with Crippen molar-refractivity contribution in [2.24, 2.45) is 0 Å². The van der Waals surface area contributed by atoms with Crippen LogP contribution < -0.4 is 0 Å². The minimum Gasteiger partial charge on any atom is -0.385 e. The summed E-state index contributed by atoms with van der Waals surface area (Å²) in [6, 6.07) is 14.0. The van der Waals surface area contributed by atoms with Crippen LogP contribution in [0.15, 0.2) is 53.0 Å². The van der Waals surface area contributed by atoms with Crippen molar-refractivity contribution in [2.45, 2.75) is 25.4 Å². The molecular weight excluding hydrogens is 307 g/mol. The molecule has 0 radical (unpaired) electrons. The number of aliphatic hydroxyl groups is 1. The molecule has 0 bridgehead atoms. The maximum atomic E-state index is 13.3. The van der Waals surface area contributed by atoms with Crippen molar-refractivity contribution in [1.82, 2.24) is 0 Å². The second-order valence-corrected chi connectivity index (χ2v) is 5.61. The largest absolute Gasteiger partial charge is 0.385 e. The lowest BCUT2D eigenvalue weighted by molar-refractivity contribution is 0.0324. The first-order valence-corrected chi connectivity index (χ1v) is 7.06. The fourth-order valence-electron chi connectivity index (χ4n) is 2.15. The summed E-state index contributed by atoms with van der Waals surface area (Å²) < 4.78 is 14.3. The Morgan fingerprint density at radius 3 is 2.42 bits per heavy atom. The van der Waals surface area contributed by atoms with E-state index in [2.05, 4.69) is 15.9 Å². The summed E-state index contributed by atoms with van der Waals surface area (Å²) in [7, 11) is 0. The first-order valence-electron chi connectivity index (χ1n) is 6.26. The highest BCUT2D eigenvalue weighted by atomic mass is 79.9. The van der Waals surface area contributed by atoms with Gasteiger partial charge in [-0.15, -0.1) is 0 Å². The third-order valence-electron chi connectivity index (χ3n) is 3.36. The molecule has 2 aromatic rings. The van der Waals surface area contributed by atoms with Crippen molar-refractivity contribution < 1.29 is 9.50 Å². The third-order valence-corrected chi connectivity index (χ3v) is 3.89. The second-order valence-electron chi connectivity index (χ2n) is 4.70. The number of hydrogen-bond acceptors (Lipinski definition) is 1. The van der Waals surface area contributed by atoms with Crippen LogP contribution >= 0.6 is 15.9 Å². The van der Waals surface area contributed by atoms with Gasteiger partial charge in [-0.1, -0.05) is 47.1 Å².